The van der Waals surface area contributed by atoms with Crippen molar-refractivity contribution in [2.75, 3.05) is 19.6 Å². The average molecular weight is 342 g/mol. The van der Waals surface area contributed by atoms with Crippen LogP contribution in [0.25, 0.3) is 0 Å². The summed E-state index contributed by atoms with van der Waals surface area (Å²) in [5.74, 6) is 0. The molecule has 0 amide bonds. The fraction of sp³-hybridized carbons (Fsp3) is 0.385. The number of hydrogen-bond acceptors (Lipinski definition) is 5. The second kappa shape index (κ2) is 5.96. The molecule has 118 valence electrons. The van der Waals surface area contributed by atoms with Crippen LogP contribution in [0.4, 0.5) is 0 Å². The monoisotopic (exact) mass is 341 g/mol. The Hall–Kier alpha value is -1.48. The highest BCUT2D eigenvalue weighted by Gasteiger charge is 2.37. The van der Waals surface area contributed by atoms with Crippen molar-refractivity contribution in [1.82, 2.24) is 24.4 Å². The first-order valence-electron chi connectivity index (χ1n) is 6.82. The summed E-state index contributed by atoms with van der Waals surface area (Å²) in [6.07, 6.45) is 4.69. The number of halogens is 1. The van der Waals surface area contributed by atoms with E-state index >= 15 is 0 Å². The maximum atomic E-state index is 13.0. The van der Waals surface area contributed by atoms with Crippen molar-refractivity contribution >= 4 is 21.6 Å². The zero-order valence-electron chi connectivity index (χ0n) is 12.0. The summed E-state index contributed by atoms with van der Waals surface area (Å²) in [6, 6.07) is 3.35. The Balaban J connectivity index is 2.04. The molecule has 7 nitrogen and oxygen atoms in total. The van der Waals surface area contributed by atoms with Crippen LogP contribution in [0, 0.1) is 0 Å². The number of piperazine rings is 1. The van der Waals surface area contributed by atoms with Gasteiger partial charge in [-0.15, -0.1) is 0 Å². The molecule has 2 aromatic rings. The first-order valence-corrected chi connectivity index (χ1v) is 8.63. The number of aromatic nitrogens is 3. The molecule has 1 saturated heterocycles. The van der Waals surface area contributed by atoms with Gasteiger partial charge in [0.25, 0.3) is 10.0 Å². The fourth-order valence-electron chi connectivity index (χ4n) is 2.63. The van der Waals surface area contributed by atoms with Crippen LogP contribution in [0.1, 0.15) is 11.6 Å². The number of hydrogen-bond donors (Lipinski definition) is 1. The molecule has 1 unspecified atom stereocenters. The Morgan fingerprint density at radius 3 is 2.86 bits per heavy atom. The van der Waals surface area contributed by atoms with E-state index in [1.807, 2.05) is 6.07 Å². The summed E-state index contributed by atoms with van der Waals surface area (Å²) in [6.45, 7) is 1.48. The van der Waals surface area contributed by atoms with Gasteiger partial charge in [-0.2, -0.15) is 9.40 Å². The third-order valence-corrected chi connectivity index (χ3v) is 6.08. The first-order chi connectivity index (χ1) is 10.5. The molecule has 3 rings (SSSR count). The van der Waals surface area contributed by atoms with E-state index in [9.17, 15) is 8.42 Å². The molecular weight excluding hydrogens is 326 g/mol. The smallest absolute Gasteiger partial charge is 0.262 e. The van der Waals surface area contributed by atoms with Crippen LogP contribution < -0.4 is 5.32 Å². The van der Waals surface area contributed by atoms with Gasteiger partial charge in [-0.1, -0.05) is 17.7 Å². The van der Waals surface area contributed by atoms with E-state index in [4.69, 9.17) is 11.6 Å². The maximum absolute atomic E-state index is 13.0. The number of aryl methyl sites for hydroxylation is 1. The molecule has 0 aliphatic carbocycles. The first kappa shape index (κ1) is 15.4. The molecule has 1 aliphatic heterocycles. The van der Waals surface area contributed by atoms with Crippen LogP contribution in [-0.2, 0) is 17.1 Å². The van der Waals surface area contributed by atoms with E-state index in [-0.39, 0.29) is 16.1 Å². The number of nitrogens with zero attached hydrogens (tertiary/aromatic N) is 4. The minimum Gasteiger partial charge on any atom is -0.313 e. The topological polar surface area (TPSA) is 80.1 Å². The van der Waals surface area contributed by atoms with Gasteiger partial charge < -0.3 is 5.32 Å². The van der Waals surface area contributed by atoms with Gasteiger partial charge in [0.2, 0.25) is 0 Å². The standard InChI is InChI=1S/C13H16ClN5O2S/c1-18-13(11(14)8-17-18)22(20,21)19-6-5-16-9-12(19)10-3-2-4-15-7-10/h2-4,7-8,12,16H,5-6,9H2,1H3. The van der Waals surface area contributed by atoms with E-state index < -0.39 is 10.0 Å². The van der Waals surface area contributed by atoms with E-state index in [0.29, 0.717) is 19.6 Å². The van der Waals surface area contributed by atoms with E-state index in [2.05, 4.69) is 15.4 Å². The van der Waals surface area contributed by atoms with Crippen molar-refractivity contribution in [2.24, 2.45) is 7.05 Å². The van der Waals surface area contributed by atoms with Crippen molar-refractivity contribution in [3.63, 3.8) is 0 Å². The summed E-state index contributed by atoms with van der Waals surface area (Å²) < 4.78 is 28.8. The van der Waals surface area contributed by atoms with E-state index in [0.717, 1.165) is 5.56 Å². The summed E-state index contributed by atoms with van der Waals surface area (Å²) in [4.78, 5) is 4.08. The Morgan fingerprint density at radius 1 is 1.41 bits per heavy atom. The van der Waals surface area contributed by atoms with Crippen molar-refractivity contribution in [2.45, 2.75) is 11.1 Å². The molecule has 0 saturated carbocycles. The predicted molar refractivity (Wildman–Crippen MR) is 82.0 cm³/mol. The van der Waals surface area contributed by atoms with Crippen LogP contribution >= 0.6 is 11.6 Å². The highest BCUT2D eigenvalue weighted by atomic mass is 35.5. The van der Waals surface area contributed by atoms with Crippen molar-refractivity contribution in [3.05, 3.63) is 41.3 Å². The Bertz CT molecular complexity index is 742. The van der Waals surface area contributed by atoms with Gasteiger partial charge in [-0.05, 0) is 11.6 Å². The summed E-state index contributed by atoms with van der Waals surface area (Å²) in [5, 5.41) is 7.30. The fourth-order valence-corrected chi connectivity index (χ4v) is 4.85. The lowest BCUT2D eigenvalue weighted by Gasteiger charge is -2.35. The zero-order valence-corrected chi connectivity index (χ0v) is 13.5. The largest absolute Gasteiger partial charge is 0.313 e. The normalized spacial score (nSPS) is 20.2. The summed E-state index contributed by atoms with van der Waals surface area (Å²) >= 11 is 6.03. The van der Waals surface area contributed by atoms with Gasteiger partial charge in [0, 0.05) is 39.1 Å². The molecule has 1 atom stereocenters. The quantitative estimate of drug-likeness (QED) is 0.893. The Kier molecular flexibility index (Phi) is 4.18. The highest BCUT2D eigenvalue weighted by Crippen LogP contribution is 2.31. The molecule has 1 aliphatic rings. The number of rotatable bonds is 3. The third-order valence-electron chi connectivity index (χ3n) is 3.66. The van der Waals surface area contributed by atoms with Crippen LogP contribution in [-0.4, -0.2) is 47.1 Å². The number of sulfonamides is 1. The van der Waals surface area contributed by atoms with Crippen molar-refractivity contribution < 1.29 is 8.42 Å². The molecule has 0 aromatic carbocycles. The van der Waals surface area contributed by atoms with Crippen LogP contribution in [0.15, 0.2) is 35.7 Å². The van der Waals surface area contributed by atoms with Gasteiger partial charge in [0.05, 0.1) is 17.3 Å². The van der Waals surface area contributed by atoms with Gasteiger partial charge in [-0.3, -0.25) is 9.67 Å². The molecule has 3 heterocycles. The SMILES string of the molecule is Cn1ncc(Cl)c1S(=O)(=O)N1CCNCC1c1cccnc1. The molecule has 1 N–H and O–H groups in total. The number of nitrogens with one attached hydrogen (secondary N) is 1. The second-order valence-electron chi connectivity index (χ2n) is 5.04. The molecule has 2 aromatic heterocycles. The lowest BCUT2D eigenvalue weighted by Crippen LogP contribution is -2.49. The molecule has 9 heteroatoms. The van der Waals surface area contributed by atoms with Crippen LogP contribution in [0.2, 0.25) is 5.02 Å². The van der Waals surface area contributed by atoms with E-state index in [1.165, 1.54) is 15.2 Å². The van der Waals surface area contributed by atoms with Crippen LogP contribution in [0.5, 0.6) is 0 Å². The number of pyridine rings is 1. The summed E-state index contributed by atoms with van der Waals surface area (Å²) in [7, 11) is -2.17. The minimum atomic E-state index is -3.74. The maximum Gasteiger partial charge on any atom is 0.262 e. The molecule has 0 bridgehead atoms. The predicted octanol–water partition coefficient (Wildman–Crippen LogP) is 0.804. The van der Waals surface area contributed by atoms with E-state index in [1.54, 1.807) is 25.5 Å². The average Bonchev–Trinajstić information content (AvgIpc) is 2.88. The second-order valence-corrected chi connectivity index (χ2v) is 7.26. The minimum absolute atomic E-state index is 0.0185. The van der Waals surface area contributed by atoms with Gasteiger partial charge >= 0.3 is 0 Å². The Morgan fingerprint density at radius 2 is 2.23 bits per heavy atom. The zero-order chi connectivity index (χ0) is 15.7. The van der Waals surface area contributed by atoms with Gasteiger partial charge in [-0.25, -0.2) is 8.42 Å². The van der Waals surface area contributed by atoms with Gasteiger partial charge in [0.1, 0.15) is 0 Å². The molecule has 0 spiro atoms. The Labute approximate surface area is 134 Å². The summed E-state index contributed by atoms with van der Waals surface area (Å²) in [5.41, 5.74) is 0.844. The molecule has 0 radical (unpaired) electrons. The molecule has 1 fully saturated rings. The molecule has 22 heavy (non-hydrogen) atoms. The highest BCUT2D eigenvalue weighted by molar-refractivity contribution is 7.89. The van der Waals surface area contributed by atoms with Gasteiger partial charge in [0.15, 0.2) is 5.03 Å². The lowest BCUT2D eigenvalue weighted by molar-refractivity contribution is 0.269. The van der Waals surface area contributed by atoms with Crippen molar-refractivity contribution in [3.8, 4) is 0 Å². The lowest BCUT2D eigenvalue weighted by atomic mass is 10.1. The third kappa shape index (κ3) is 2.63. The van der Waals surface area contributed by atoms with Crippen LogP contribution in [0.3, 0.4) is 0 Å². The van der Waals surface area contributed by atoms with Crippen molar-refractivity contribution in [1.29, 1.82) is 0 Å². The molecular formula is C13H16ClN5O2S.